The van der Waals surface area contributed by atoms with E-state index >= 15 is 0 Å². The maximum atomic E-state index is 13.2. The monoisotopic (exact) mass is 475 g/mol. The molecular weight excluding hydrogens is 454 g/mol. The van der Waals surface area contributed by atoms with Crippen LogP contribution in [0.3, 0.4) is 0 Å². The molecule has 9 heteroatoms. The van der Waals surface area contributed by atoms with Crippen molar-refractivity contribution in [3.8, 4) is 0 Å². The van der Waals surface area contributed by atoms with E-state index in [2.05, 4.69) is 20.8 Å². The van der Waals surface area contributed by atoms with Crippen LogP contribution in [0.5, 0.6) is 0 Å². The number of anilines is 1. The Bertz CT molecular complexity index is 909. The van der Waals surface area contributed by atoms with E-state index < -0.39 is 17.9 Å². The van der Waals surface area contributed by atoms with Crippen LogP contribution < -0.4 is 4.90 Å². The highest BCUT2D eigenvalue weighted by Crippen LogP contribution is 2.28. The fraction of sp³-hybridized carbons (Fsp3) is 0.381. The third-order valence-corrected chi connectivity index (χ3v) is 5.87. The molecule has 0 spiro atoms. The van der Waals surface area contributed by atoms with Crippen LogP contribution in [0.4, 0.5) is 5.69 Å². The molecule has 0 saturated carbocycles. The van der Waals surface area contributed by atoms with Gasteiger partial charge in [0.15, 0.2) is 5.76 Å². The van der Waals surface area contributed by atoms with Crippen LogP contribution >= 0.6 is 15.9 Å². The van der Waals surface area contributed by atoms with E-state index in [1.54, 1.807) is 36.4 Å². The molecule has 3 heterocycles. The molecule has 1 atom stereocenters. The lowest BCUT2D eigenvalue weighted by Crippen LogP contribution is -2.49. The molecule has 0 N–H and O–H groups in total. The quantitative estimate of drug-likeness (QED) is 0.595. The third kappa shape index (κ3) is 4.33. The zero-order chi connectivity index (χ0) is 21.1. The lowest BCUT2D eigenvalue weighted by molar-refractivity contribution is -0.122. The zero-order valence-electron chi connectivity index (χ0n) is 16.3. The second kappa shape index (κ2) is 9.11. The number of amides is 3. The van der Waals surface area contributed by atoms with Gasteiger partial charge in [0.25, 0.3) is 11.8 Å². The van der Waals surface area contributed by atoms with E-state index in [4.69, 9.17) is 9.15 Å². The number of imide groups is 1. The summed E-state index contributed by atoms with van der Waals surface area (Å²) >= 11 is 3.35. The number of morpholine rings is 1. The van der Waals surface area contributed by atoms with Gasteiger partial charge in [0, 0.05) is 30.7 Å². The molecule has 2 aromatic rings. The second-order valence-corrected chi connectivity index (χ2v) is 8.11. The first-order valence-electron chi connectivity index (χ1n) is 9.81. The molecule has 8 nitrogen and oxygen atoms in total. The van der Waals surface area contributed by atoms with Crippen molar-refractivity contribution in [3.05, 3.63) is 52.9 Å². The largest absolute Gasteiger partial charge is 0.459 e. The summed E-state index contributed by atoms with van der Waals surface area (Å²) in [7, 11) is 0. The average molecular weight is 476 g/mol. The fourth-order valence-electron chi connectivity index (χ4n) is 3.74. The number of rotatable bonds is 6. The van der Waals surface area contributed by atoms with Crippen molar-refractivity contribution in [2.45, 2.75) is 12.5 Å². The van der Waals surface area contributed by atoms with Crippen molar-refractivity contribution in [2.24, 2.45) is 0 Å². The molecule has 2 saturated heterocycles. The average Bonchev–Trinajstić information content (AvgIpc) is 3.39. The Kier molecular flexibility index (Phi) is 6.31. The first-order valence-corrected chi connectivity index (χ1v) is 10.6. The van der Waals surface area contributed by atoms with Gasteiger partial charge >= 0.3 is 0 Å². The molecule has 1 unspecified atom stereocenters. The first-order chi connectivity index (χ1) is 14.5. The van der Waals surface area contributed by atoms with Gasteiger partial charge in [0.05, 0.1) is 31.6 Å². The molecular formula is C21H22BrN3O5. The molecule has 3 amide bonds. The number of nitrogens with zero attached hydrogens (tertiary/aromatic N) is 3. The molecule has 158 valence electrons. The highest BCUT2D eigenvalue weighted by Gasteiger charge is 2.45. The Morgan fingerprint density at radius 1 is 1.13 bits per heavy atom. The van der Waals surface area contributed by atoms with Crippen LogP contribution in [-0.4, -0.2) is 73.0 Å². The lowest BCUT2D eigenvalue weighted by atomic mass is 10.2. The van der Waals surface area contributed by atoms with Gasteiger partial charge in [-0.05, 0) is 36.4 Å². The molecule has 2 fully saturated rings. The number of carbonyl (C=O) groups excluding carboxylic acids is 3. The van der Waals surface area contributed by atoms with Crippen LogP contribution in [0.2, 0.25) is 0 Å². The number of carbonyl (C=O) groups is 3. The SMILES string of the molecule is O=C1CC(N(CCN2CCOCC2)C(=O)c2ccco2)C(=O)N1c1ccc(Br)cc1. The fourth-order valence-corrected chi connectivity index (χ4v) is 4.00. The smallest absolute Gasteiger partial charge is 0.290 e. The predicted octanol–water partition coefficient (Wildman–Crippen LogP) is 2.15. The summed E-state index contributed by atoms with van der Waals surface area (Å²) in [6, 6.07) is 9.28. The second-order valence-electron chi connectivity index (χ2n) is 7.19. The van der Waals surface area contributed by atoms with Crippen molar-refractivity contribution in [1.29, 1.82) is 0 Å². The van der Waals surface area contributed by atoms with Gasteiger partial charge in [0.2, 0.25) is 5.91 Å². The van der Waals surface area contributed by atoms with Gasteiger partial charge in [-0.1, -0.05) is 15.9 Å². The van der Waals surface area contributed by atoms with E-state index in [9.17, 15) is 14.4 Å². The van der Waals surface area contributed by atoms with Gasteiger partial charge in [-0.2, -0.15) is 0 Å². The lowest BCUT2D eigenvalue weighted by Gasteiger charge is -2.31. The van der Waals surface area contributed by atoms with E-state index in [0.717, 1.165) is 22.5 Å². The van der Waals surface area contributed by atoms with Gasteiger partial charge in [-0.3, -0.25) is 19.3 Å². The van der Waals surface area contributed by atoms with Crippen molar-refractivity contribution >= 4 is 39.3 Å². The van der Waals surface area contributed by atoms with E-state index in [-0.39, 0.29) is 18.1 Å². The van der Waals surface area contributed by atoms with Crippen LogP contribution in [0.1, 0.15) is 17.0 Å². The van der Waals surface area contributed by atoms with E-state index in [0.29, 0.717) is 32.0 Å². The zero-order valence-corrected chi connectivity index (χ0v) is 17.9. The van der Waals surface area contributed by atoms with E-state index in [1.165, 1.54) is 11.2 Å². The maximum Gasteiger partial charge on any atom is 0.290 e. The Labute approximate surface area is 182 Å². The minimum atomic E-state index is -0.861. The summed E-state index contributed by atoms with van der Waals surface area (Å²) in [5, 5.41) is 0. The Hall–Kier alpha value is -2.49. The minimum absolute atomic E-state index is 0.0511. The Morgan fingerprint density at radius 3 is 2.53 bits per heavy atom. The Balaban J connectivity index is 1.56. The molecule has 2 aliphatic rings. The highest BCUT2D eigenvalue weighted by atomic mass is 79.9. The van der Waals surface area contributed by atoms with Crippen LogP contribution in [0, 0.1) is 0 Å². The predicted molar refractivity (Wildman–Crippen MR) is 112 cm³/mol. The molecule has 4 rings (SSSR count). The van der Waals surface area contributed by atoms with Crippen molar-refractivity contribution in [1.82, 2.24) is 9.80 Å². The summed E-state index contributed by atoms with van der Waals surface area (Å²) in [5.41, 5.74) is 0.495. The molecule has 0 radical (unpaired) electrons. The van der Waals surface area contributed by atoms with Gasteiger partial charge in [0.1, 0.15) is 6.04 Å². The van der Waals surface area contributed by atoms with Crippen molar-refractivity contribution in [3.63, 3.8) is 0 Å². The molecule has 0 aliphatic carbocycles. The maximum absolute atomic E-state index is 13.2. The first kappa shape index (κ1) is 20.8. The number of hydrogen-bond donors (Lipinski definition) is 0. The van der Waals surface area contributed by atoms with Crippen LogP contribution in [0.25, 0.3) is 0 Å². The summed E-state index contributed by atoms with van der Waals surface area (Å²) in [6.07, 6.45) is 1.37. The number of ether oxygens (including phenoxy) is 1. The topological polar surface area (TPSA) is 83.3 Å². The molecule has 2 aliphatic heterocycles. The van der Waals surface area contributed by atoms with Gasteiger partial charge in [-0.25, -0.2) is 4.90 Å². The minimum Gasteiger partial charge on any atom is -0.459 e. The third-order valence-electron chi connectivity index (χ3n) is 5.34. The van der Waals surface area contributed by atoms with Crippen molar-refractivity contribution in [2.75, 3.05) is 44.3 Å². The molecule has 1 aromatic carbocycles. The summed E-state index contributed by atoms with van der Waals surface area (Å²) < 4.78 is 11.5. The normalized spacial score (nSPS) is 20.0. The van der Waals surface area contributed by atoms with Gasteiger partial charge in [-0.15, -0.1) is 0 Å². The highest BCUT2D eigenvalue weighted by molar-refractivity contribution is 9.10. The summed E-state index contributed by atoms with van der Waals surface area (Å²) in [4.78, 5) is 43.8. The standard InChI is InChI=1S/C21H22BrN3O5/c22-15-3-5-16(6-4-15)25-19(26)14-17(20(25)27)24(21(28)18-2-1-11-30-18)8-7-23-9-12-29-13-10-23/h1-6,11,17H,7-10,12-14H2. The molecule has 1 aromatic heterocycles. The van der Waals surface area contributed by atoms with Crippen LogP contribution in [-0.2, 0) is 14.3 Å². The number of furan rings is 1. The van der Waals surface area contributed by atoms with Crippen LogP contribution in [0.15, 0.2) is 51.6 Å². The Morgan fingerprint density at radius 2 is 1.87 bits per heavy atom. The summed E-state index contributed by atoms with van der Waals surface area (Å²) in [5.74, 6) is -0.962. The van der Waals surface area contributed by atoms with E-state index in [1.807, 2.05) is 0 Å². The van der Waals surface area contributed by atoms with Gasteiger partial charge < -0.3 is 14.1 Å². The number of hydrogen-bond acceptors (Lipinski definition) is 6. The van der Waals surface area contributed by atoms with Crippen molar-refractivity contribution < 1.29 is 23.5 Å². The molecule has 0 bridgehead atoms. The number of benzene rings is 1. The number of halogens is 1. The molecule has 30 heavy (non-hydrogen) atoms. The summed E-state index contributed by atoms with van der Waals surface area (Å²) in [6.45, 7) is 3.73.